The molecule has 1 spiro atoms. The number of hydrogen-bond acceptors (Lipinski definition) is 5. The van der Waals surface area contributed by atoms with Gasteiger partial charge in [-0.25, -0.2) is 0 Å². The lowest BCUT2D eigenvalue weighted by Crippen LogP contribution is -2.76. The SMILES string of the molecule is CN1CC(=O)N(CC(=O)OCc2ccccc2)C(=O)C12C1CC3CC(C1)CC2C3. The Morgan fingerprint density at radius 3 is 2.28 bits per heavy atom. The first-order chi connectivity index (χ1) is 14.0. The number of hydrogen-bond donors (Lipinski definition) is 0. The molecule has 4 saturated carbocycles. The molecule has 0 atom stereocenters. The molecule has 6 nitrogen and oxygen atoms in total. The van der Waals surface area contributed by atoms with Crippen molar-refractivity contribution >= 4 is 17.8 Å². The van der Waals surface area contributed by atoms with Gasteiger partial charge in [0.05, 0.1) is 6.54 Å². The van der Waals surface area contributed by atoms with Crippen molar-refractivity contribution in [2.75, 3.05) is 20.1 Å². The fraction of sp³-hybridized carbons (Fsp3) is 0.609. The van der Waals surface area contributed by atoms with Crippen LogP contribution in [0, 0.1) is 23.7 Å². The standard InChI is InChI=1S/C23H28N2O4/c1-24-12-20(26)25(13-21(27)29-14-15-5-3-2-4-6-15)22(28)23(24)18-8-16-7-17(10-18)11-19(23)9-16/h2-6,16-19H,7-14H2,1H3. The summed E-state index contributed by atoms with van der Waals surface area (Å²) < 4.78 is 5.35. The topological polar surface area (TPSA) is 66.9 Å². The molecule has 1 aromatic carbocycles. The number of likely N-dealkylation sites (N-methyl/N-ethyl adjacent to an activating group) is 1. The number of ether oxygens (including phenoxy) is 1. The molecule has 4 aliphatic carbocycles. The van der Waals surface area contributed by atoms with Gasteiger partial charge in [0, 0.05) is 0 Å². The number of esters is 1. The summed E-state index contributed by atoms with van der Waals surface area (Å²) in [5, 5.41) is 0. The third kappa shape index (κ3) is 2.91. The zero-order valence-electron chi connectivity index (χ0n) is 16.9. The van der Waals surface area contributed by atoms with Crippen LogP contribution >= 0.6 is 0 Å². The fourth-order valence-electron chi connectivity index (χ4n) is 6.86. The van der Waals surface area contributed by atoms with Gasteiger partial charge >= 0.3 is 5.97 Å². The van der Waals surface area contributed by atoms with E-state index in [0.29, 0.717) is 11.8 Å². The number of piperazine rings is 1. The van der Waals surface area contributed by atoms with Crippen molar-refractivity contribution in [3.63, 3.8) is 0 Å². The second kappa shape index (κ2) is 6.94. The summed E-state index contributed by atoms with van der Waals surface area (Å²) >= 11 is 0. The Labute approximate surface area is 171 Å². The van der Waals surface area contributed by atoms with Gasteiger partial charge in [-0.1, -0.05) is 30.3 Å². The van der Waals surface area contributed by atoms with E-state index < -0.39 is 11.5 Å². The largest absolute Gasteiger partial charge is 0.459 e. The molecule has 1 aliphatic heterocycles. The van der Waals surface area contributed by atoms with E-state index in [4.69, 9.17) is 4.74 Å². The molecule has 0 aromatic heterocycles. The number of carbonyl (C=O) groups is 3. The molecule has 0 N–H and O–H groups in total. The lowest BCUT2D eigenvalue weighted by atomic mass is 9.47. The van der Waals surface area contributed by atoms with E-state index in [1.807, 2.05) is 42.3 Å². The first kappa shape index (κ1) is 18.8. The van der Waals surface area contributed by atoms with Crippen molar-refractivity contribution in [1.82, 2.24) is 9.80 Å². The third-order valence-electron chi connectivity index (χ3n) is 7.81. The highest BCUT2D eigenvalue weighted by atomic mass is 16.5. The average Bonchev–Trinajstić information content (AvgIpc) is 2.69. The quantitative estimate of drug-likeness (QED) is 0.577. The number of carbonyl (C=O) groups excluding carboxylic acids is 3. The summed E-state index contributed by atoms with van der Waals surface area (Å²) in [7, 11) is 1.92. The second-order valence-corrected chi connectivity index (χ2v) is 9.42. The van der Waals surface area contributed by atoms with E-state index in [0.717, 1.165) is 43.1 Å². The molecule has 29 heavy (non-hydrogen) atoms. The van der Waals surface area contributed by atoms with Gasteiger partial charge in [-0.3, -0.25) is 24.2 Å². The Balaban J connectivity index is 1.33. The molecule has 6 heteroatoms. The van der Waals surface area contributed by atoms with Crippen LogP contribution in [0.5, 0.6) is 0 Å². The molecule has 6 rings (SSSR count). The average molecular weight is 396 g/mol. The Hall–Kier alpha value is -2.21. The summed E-state index contributed by atoms with van der Waals surface area (Å²) in [5.41, 5.74) is 0.274. The molecular formula is C23H28N2O4. The van der Waals surface area contributed by atoms with Crippen LogP contribution in [0.2, 0.25) is 0 Å². The third-order valence-corrected chi connectivity index (χ3v) is 7.81. The maximum absolute atomic E-state index is 13.7. The summed E-state index contributed by atoms with van der Waals surface area (Å²) in [6, 6.07) is 9.42. The maximum Gasteiger partial charge on any atom is 0.326 e. The van der Waals surface area contributed by atoms with Gasteiger partial charge in [0.25, 0.3) is 5.91 Å². The normalized spacial score (nSPS) is 36.1. The van der Waals surface area contributed by atoms with Gasteiger partial charge in [0.15, 0.2) is 0 Å². The molecule has 4 bridgehead atoms. The smallest absolute Gasteiger partial charge is 0.326 e. The van der Waals surface area contributed by atoms with Crippen LogP contribution < -0.4 is 0 Å². The Morgan fingerprint density at radius 1 is 1.03 bits per heavy atom. The minimum absolute atomic E-state index is 0.148. The number of rotatable bonds is 4. The predicted octanol–water partition coefficient (Wildman–Crippen LogP) is 2.23. The van der Waals surface area contributed by atoms with Gasteiger partial charge in [0.2, 0.25) is 5.91 Å². The van der Waals surface area contributed by atoms with Gasteiger partial charge in [-0.05, 0) is 68.4 Å². The van der Waals surface area contributed by atoms with Crippen LogP contribution in [-0.4, -0.2) is 53.3 Å². The first-order valence-electron chi connectivity index (χ1n) is 10.7. The van der Waals surface area contributed by atoms with Gasteiger partial charge in [0.1, 0.15) is 18.7 Å². The zero-order chi connectivity index (χ0) is 20.2. The number of imide groups is 1. The van der Waals surface area contributed by atoms with E-state index >= 15 is 0 Å². The Morgan fingerprint density at radius 2 is 1.66 bits per heavy atom. The number of nitrogens with zero attached hydrogens (tertiary/aromatic N) is 2. The minimum atomic E-state index is -0.610. The molecule has 154 valence electrons. The monoisotopic (exact) mass is 396 g/mol. The van der Waals surface area contributed by atoms with E-state index in [9.17, 15) is 14.4 Å². The van der Waals surface area contributed by atoms with Crippen LogP contribution in [-0.2, 0) is 25.7 Å². The molecule has 5 fully saturated rings. The molecule has 0 unspecified atom stereocenters. The van der Waals surface area contributed by atoms with E-state index in [1.165, 1.54) is 11.3 Å². The zero-order valence-corrected chi connectivity index (χ0v) is 16.9. The highest BCUT2D eigenvalue weighted by Crippen LogP contribution is 2.61. The highest BCUT2D eigenvalue weighted by Gasteiger charge is 2.65. The van der Waals surface area contributed by atoms with Crippen molar-refractivity contribution in [2.24, 2.45) is 23.7 Å². The second-order valence-electron chi connectivity index (χ2n) is 9.42. The lowest BCUT2D eigenvalue weighted by Gasteiger charge is -2.64. The van der Waals surface area contributed by atoms with Gasteiger partial charge in [-0.2, -0.15) is 0 Å². The van der Waals surface area contributed by atoms with Crippen molar-refractivity contribution in [3.8, 4) is 0 Å². The summed E-state index contributed by atoms with van der Waals surface area (Å²) in [6.07, 6.45) is 5.59. The van der Waals surface area contributed by atoms with Crippen molar-refractivity contribution in [1.29, 1.82) is 0 Å². The van der Waals surface area contributed by atoms with Gasteiger partial charge in [-0.15, -0.1) is 0 Å². The van der Waals surface area contributed by atoms with Crippen molar-refractivity contribution < 1.29 is 19.1 Å². The number of amides is 2. The highest BCUT2D eigenvalue weighted by molar-refractivity contribution is 6.06. The molecule has 5 aliphatic rings. The van der Waals surface area contributed by atoms with Crippen LogP contribution in [0.15, 0.2) is 30.3 Å². The summed E-state index contributed by atoms with van der Waals surface area (Å²) in [4.78, 5) is 42.1. The van der Waals surface area contributed by atoms with Crippen LogP contribution in [0.1, 0.15) is 37.7 Å². The predicted molar refractivity (Wildman–Crippen MR) is 105 cm³/mol. The maximum atomic E-state index is 13.7. The molecular weight excluding hydrogens is 368 g/mol. The Kier molecular flexibility index (Phi) is 4.50. The Bertz CT molecular complexity index is 809. The van der Waals surface area contributed by atoms with Crippen molar-refractivity contribution in [3.05, 3.63) is 35.9 Å². The lowest BCUT2D eigenvalue weighted by molar-refractivity contribution is -0.191. The summed E-state index contributed by atoms with van der Waals surface area (Å²) in [6.45, 7) is 0.0575. The molecule has 0 radical (unpaired) electrons. The number of benzene rings is 1. The molecule has 1 aromatic rings. The van der Waals surface area contributed by atoms with Crippen molar-refractivity contribution in [2.45, 2.75) is 44.2 Å². The minimum Gasteiger partial charge on any atom is -0.459 e. The van der Waals surface area contributed by atoms with Crippen LogP contribution in [0.25, 0.3) is 0 Å². The van der Waals surface area contributed by atoms with Crippen LogP contribution in [0.4, 0.5) is 0 Å². The van der Waals surface area contributed by atoms with Crippen LogP contribution in [0.3, 0.4) is 0 Å². The van der Waals surface area contributed by atoms with E-state index in [-0.39, 0.29) is 31.5 Å². The summed E-state index contributed by atoms with van der Waals surface area (Å²) in [5.74, 6) is 1.06. The van der Waals surface area contributed by atoms with E-state index in [1.54, 1.807) is 0 Å². The molecule has 2 amide bonds. The fourth-order valence-corrected chi connectivity index (χ4v) is 6.86. The van der Waals surface area contributed by atoms with Gasteiger partial charge < -0.3 is 4.74 Å². The first-order valence-corrected chi connectivity index (χ1v) is 10.7. The molecule has 1 heterocycles. The molecule has 1 saturated heterocycles. The van der Waals surface area contributed by atoms with E-state index in [2.05, 4.69) is 0 Å².